The van der Waals surface area contributed by atoms with Crippen LogP contribution in [0.5, 0.6) is 5.75 Å². The van der Waals surface area contributed by atoms with Crippen LogP contribution < -0.4 is 20.7 Å². The molecule has 0 aliphatic heterocycles. The van der Waals surface area contributed by atoms with Crippen molar-refractivity contribution < 1.29 is 19.1 Å². The van der Waals surface area contributed by atoms with E-state index in [9.17, 15) is 14.4 Å². The number of halogens is 1. The van der Waals surface area contributed by atoms with E-state index in [0.29, 0.717) is 33.3 Å². The molecule has 0 bridgehead atoms. The van der Waals surface area contributed by atoms with E-state index >= 15 is 0 Å². The van der Waals surface area contributed by atoms with Crippen LogP contribution in [0.3, 0.4) is 0 Å². The summed E-state index contributed by atoms with van der Waals surface area (Å²) in [5.74, 6) is -0.432. The van der Waals surface area contributed by atoms with E-state index in [1.807, 2.05) is 48.5 Å². The Morgan fingerprint density at radius 3 is 2.07 bits per heavy atom. The fourth-order valence-electron chi connectivity index (χ4n) is 4.44. The van der Waals surface area contributed by atoms with Crippen molar-refractivity contribution in [3.05, 3.63) is 161 Å². The number of hydrogen-bond acceptors (Lipinski definition) is 5. The van der Waals surface area contributed by atoms with Gasteiger partial charge >= 0.3 is 0 Å². The zero-order valence-electron chi connectivity index (χ0n) is 24.8. The van der Waals surface area contributed by atoms with Gasteiger partial charge in [0.2, 0.25) is 5.91 Å². The average Bonchev–Trinajstić information content (AvgIpc) is 3.08. The summed E-state index contributed by atoms with van der Waals surface area (Å²) in [6, 6.07) is 39.5. The van der Waals surface area contributed by atoms with E-state index < -0.39 is 17.1 Å². The molecule has 230 valence electrons. The Morgan fingerprint density at radius 1 is 0.739 bits per heavy atom. The molecule has 7 nitrogen and oxygen atoms in total. The molecular weight excluding hydrogens is 618 g/mol. The summed E-state index contributed by atoms with van der Waals surface area (Å²) in [6.45, 7) is 0. The molecular formula is C37H30ClN3O4S. The molecule has 0 spiro atoms. The van der Waals surface area contributed by atoms with E-state index in [-0.39, 0.29) is 11.6 Å². The Balaban J connectivity index is 1.32. The number of nitrogens with one attached hydrogen (secondary N) is 3. The molecule has 3 amide bonds. The Labute approximate surface area is 276 Å². The lowest BCUT2D eigenvalue weighted by atomic mass is 10.1. The van der Waals surface area contributed by atoms with E-state index in [2.05, 4.69) is 16.0 Å². The van der Waals surface area contributed by atoms with Crippen molar-refractivity contribution in [3.8, 4) is 5.75 Å². The van der Waals surface area contributed by atoms with Crippen molar-refractivity contribution in [1.82, 2.24) is 5.32 Å². The Kier molecular flexibility index (Phi) is 10.9. The molecule has 9 heteroatoms. The quantitative estimate of drug-likeness (QED) is 0.0991. The Hall–Kier alpha value is -5.31. The molecule has 0 aromatic heterocycles. The van der Waals surface area contributed by atoms with Gasteiger partial charge in [0.25, 0.3) is 11.8 Å². The molecule has 5 aromatic rings. The molecule has 0 aliphatic carbocycles. The van der Waals surface area contributed by atoms with Crippen molar-refractivity contribution in [2.45, 2.75) is 10.1 Å². The standard InChI is InChI=1S/C37H30ClN3O4S/c1-45-31-19-15-25(16-20-31)23-33(41-35(42)27-11-6-3-7-12-27)36(43)39-29-17-21-32(22-18-29)46-34(26-9-4-2-5-10-26)37(44)40-30-14-8-13-28(38)24-30/h2-24,34H,1H3,(H,39,43)(H,40,44)(H,41,42)/b33-23-. The maximum Gasteiger partial charge on any atom is 0.272 e. The zero-order chi connectivity index (χ0) is 32.3. The third-order valence-electron chi connectivity index (χ3n) is 6.75. The van der Waals surface area contributed by atoms with Crippen LogP contribution in [0.4, 0.5) is 11.4 Å². The molecule has 1 unspecified atom stereocenters. The van der Waals surface area contributed by atoms with Gasteiger partial charge in [-0.2, -0.15) is 0 Å². The second-order valence-corrected chi connectivity index (χ2v) is 11.7. The third-order valence-corrected chi connectivity index (χ3v) is 8.26. The molecule has 0 radical (unpaired) electrons. The first-order chi connectivity index (χ1) is 22.4. The fourth-order valence-corrected chi connectivity index (χ4v) is 5.65. The van der Waals surface area contributed by atoms with E-state index in [4.69, 9.17) is 16.3 Å². The van der Waals surface area contributed by atoms with Crippen LogP contribution in [0.25, 0.3) is 6.08 Å². The minimum Gasteiger partial charge on any atom is -0.497 e. The van der Waals surface area contributed by atoms with Crippen LogP contribution in [0.15, 0.2) is 144 Å². The average molecular weight is 648 g/mol. The van der Waals surface area contributed by atoms with Crippen LogP contribution >= 0.6 is 23.4 Å². The highest BCUT2D eigenvalue weighted by Crippen LogP contribution is 2.37. The second-order valence-electron chi connectivity index (χ2n) is 10.0. The monoisotopic (exact) mass is 647 g/mol. The van der Waals surface area contributed by atoms with Crippen LogP contribution in [0.1, 0.15) is 26.7 Å². The van der Waals surface area contributed by atoms with Crippen molar-refractivity contribution in [2.75, 3.05) is 17.7 Å². The van der Waals surface area contributed by atoms with Crippen molar-refractivity contribution in [3.63, 3.8) is 0 Å². The zero-order valence-corrected chi connectivity index (χ0v) is 26.3. The summed E-state index contributed by atoms with van der Waals surface area (Å²) in [5.41, 5.74) is 3.16. The minimum atomic E-state index is -0.548. The lowest BCUT2D eigenvalue weighted by Gasteiger charge is -2.18. The normalized spacial score (nSPS) is 11.7. The number of thioether (sulfide) groups is 1. The van der Waals surface area contributed by atoms with Crippen molar-refractivity contribution in [1.29, 1.82) is 0 Å². The molecule has 3 N–H and O–H groups in total. The molecule has 46 heavy (non-hydrogen) atoms. The first kappa shape index (κ1) is 32.1. The van der Waals surface area contributed by atoms with Gasteiger partial charge in [0.05, 0.1) is 7.11 Å². The van der Waals surface area contributed by atoms with Gasteiger partial charge in [0.1, 0.15) is 16.7 Å². The number of amides is 3. The molecule has 0 saturated carbocycles. The number of methoxy groups -OCH3 is 1. The number of carbonyl (C=O) groups excluding carboxylic acids is 3. The minimum absolute atomic E-state index is 0.0688. The summed E-state index contributed by atoms with van der Waals surface area (Å²) in [7, 11) is 1.57. The Morgan fingerprint density at radius 2 is 1.41 bits per heavy atom. The highest BCUT2D eigenvalue weighted by Gasteiger charge is 2.23. The van der Waals surface area contributed by atoms with Crippen LogP contribution in [0.2, 0.25) is 5.02 Å². The van der Waals surface area contributed by atoms with Gasteiger partial charge in [-0.05, 0) is 83.9 Å². The number of carbonyl (C=O) groups is 3. The van der Waals surface area contributed by atoms with Gasteiger partial charge in [-0.25, -0.2) is 0 Å². The van der Waals surface area contributed by atoms with E-state index in [0.717, 1.165) is 10.5 Å². The van der Waals surface area contributed by atoms with Gasteiger partial charge in [0.15, 0.2) is 0 Å². The molecule has 0 fully saturated rings. The summed E-state index contributed by atoms with van der Waals surface area (Å²) in [6.07, 6.45) is 1.60. The second kappa shape index (κ2) is 15.6. The maximum absolute atomic E-state index is 13.5. The Bertz CT molecular complexity index is 1830. The number of ether oxygens (including phenoxy) is 1. The van der Waals surface area contributed by atoms with Crippen LogP contribution in [-0.4, -0.2) is 24.8 Å². The number of benzene rings is 5. The van der Waals surface area contributed by atoms with E-state index in [1.165, 1.54) is 11.8 Å². The smallest absolute Gasteiger partial charge is 0.272 e. The van der Waals surface area contributed by atoms with Crippen molar-refractivity contribution in [2.24, 2.45) is 0 Å². The lowest BCUT2D eigenvalue weighted by molar-refractivity contribution is -0.116. The predicted molar refractivity (Wildman–Crippen MR) is 185 cm³/mol. The van der Waals surface area contributed by atoms with Crippen LogP contribution in [0, 0.1) is 0 Å². The van der Waals surface area contributed by atoms with Crippen LogP contribution in [-0.2, 0) is 9.59 Å². The summed E-state index contributed by atoms with van der Waals surface area (Å²) in [5, 5.41) is 8.55. The fraction of sp³-hybridized carbons (Fsp3) is 0.0541. The summed E-state index contributed by atoms with van der Waals surface area (Å²) in [4.78, 5) is 40.6. The number of anilines is 2. The predicted octanol–water partition coefficient (Wildman–Crippen LogP) is 8.23. The first-order valence-corrected chi connectivity index (χ1v) is 15.6. The van der Waals surface area contributed by atoms with Crippen molar-refractivity contribution >= 4 is 58.5 Å². The SMILES string of the molecule is COc1ccc(/C=C(\NC(=O)c2ccccc2)C(=O)Nc2ccc(SC(C(=O)Nc3cccc(Cl)c3)c3ccccc3)cc2)cc1. The topological polar surface area (TPSA) is 96.5 Å². The highest BCUT2D eigenvalue weighted by atomic mass is 35.5. The lowest BCUT2D eigenvalue weighted by Crippen LogP contribution is -2.30. The summed E-state index contributed by atoms with van der Waals surface area (Å²) >= 11 is 7.50. The molecule has 5 aromatic carbocycles. The molecule has 0 saturated heterocycles. The van der Waals surface area contributed by atoms with E-state index in [1.54, 1.807) is 98.1 Å². The number of rotatable bonds is 11. The first-order valence-electron chi connectivity index (χ1n) is 14.3. The van der Waals surface area contributed by atoms with Gasteiger partial charge in [-0.3, -0.25) is 14.4 Å². The molecule has 1 atom stereocenters. The third kappa shape index (κ3) is 8.88. The highest BCUT2D eigenvalue weighted by molar-refractivity contribution is 8.00. The molecule has 0 heterocycles. The number of hydrogen-bond donors (Lipinski definition) is 3. The van der Waals surface area contributed by atoms with Gasteiger partial charge in [-0.1, -0.05) is 78.3 Å². The van der Waals surface area contributed by atoms with Gasteiger partial charge < -0.3 is 20.7 Å². The van der Waals surface area contributed by atoms with Gasteiger partial charge in [0, 0.05) is 26.9 Å². The largest absolute Gasteiger partial charge is 0.497 e. The summed E-state index contributed by atoms with van der Waals surface area (Å²) < 4.78 is 5.23. The molecule has 5 rings (SSSR count). The maximum atomic E-state index is 13.5. The molecule has 0 aliphatic rings. The van der Waals surface area contributed by atoms with Gasteiger partial charge in [-0.15, -0.1) is 11.8 Å².